The van der Waals surface area contributed by atoms with Crippen LogP contribution in [-0.4, -0.2) is 29.1 Å². The molecule has 1 saturated carbocycles. The summed E-state index contributed by atoms with van der Waals surface area (Å²) < 4.78 is 0. The topological polar surface area (TPSA) is 53.4 Å². The van der Waals surface area contributed by atoms with Crippen LogP contribution in [0.2, 0.25) is 0 Å². The fourth-order valence-corrected chi connectivity index (χ4v) is 3.85. The molecule has 0 bridgehead atoms. The molecule has 0 aromatic carbocycles. The molecule has 2 fully saturated rings. The number of anilines is 1. The van der Waals surface area contributed by atoms with E-state index in [4.69, 9.17) is 0 Å². The quantitative estimate of drug-likeness (QED) is 0.898. The molecule has 2 aliphatic rings. The molecular formula is C16H22N2O2. The highest BCUT2D eigenvalue weighted by Gasteiger charge is 2.36. The van der Waals surface area contributed by atoms with E-state index in [0.29, 0.717) is 11.0 Å². The van der Waals surface area contributed by atoms with Gasteiger partial charge >= 0.3 is 5.97 Å². The van der Waals surface area contributed by atoms with Crippen molar-refractivity contribution in [3.8, 4) is 0 Å². The molecule has 0 atom stereocenters. The number of aromatic carboxylic acids is 1. The van der Waals surface area contributed by atoms with Gasteiger partial charge < -0.3 is 10.0 Å². The van der Waals surface area contributed by atoms with E-state index in [0.717, 1.165) is 18.8 Å². The fraction of sp³-hybridized carbons (Fsp3) is 0.625. The molecule has 1 N–H and O–H groups in total. The second-order valence-electron chi connectivity index (χ2n) is 6.25. The number of carboxylic acid groups (broad SMARTS) is 1. The molecule has 1 aliphatic heterocycles. The van der Waals surface area contributed by atoms with Crippen molar-refractivity contribution in [2.24, 2.45) is 5.41 Å². The molecule has 0 unspecified atom stereocenters. The van der Waals surface area contributed by atoms with Gasteiger partial charge in [-0.05, 0) is 37.2 Å². The lowest BCUT2D eigenvalue weighted by Crippen LogP contribution is -2.41. The number of pyridine rings is 1. The number of hydrogen-bond acceptors (Lipinski definition) is 3. The van der Waals surface area contributed by atoms with Crippen molar-refractivity contribution in [3.63, 3.8) is 0 Å². The number of nitrogens with zero attached hydrogens (tertiary/aromatic N) is 2. The zero-order valence-corrected chi connectivity index (χ0v) is 11.8. The Kier molecular flexibility index (Phi) is 3.64. The number of carboxylic acids is 1. The number of piperidine rings is 1. The van der Waals surface area contributed by atoms with E-state index in [1.54, 1.807) is 6.20 Å². The van der Waals surface area contributed by atoms with E-state index in [-0.39, 0.29) is 0 Å². The third kappa shape index (κ3) is 2.51. The van der Waals surface area contributed by atoms with Crippen LogP contribution in [0.1, 0.15) is 55.3 Å². The normalized spacial score (nSPS) is 21.9. The summed E-state index contributed by atoms with van der Waals surface area (Å²) in [5.74, 6) is -0.883. The van der Waals surface area contributed by atoms with Crippen molar-refractivity contribution in [3.05, 3.63) is 24.0 Å². The second-order valence-corrected chi connectivity index (χ2v) is 6.25. The van der Waals surface area contributed by atoms with Crippen molar-refractivity contribution in [2.75, 3.05) is 18.0 Å². The summed E-state index contributed by atoms with van der Waals surface area (Å²) in [5.41, 5.74) is 1.70. The van der Waals surface area contributed by atoms with Gasteiger partial charge in [-0.1, -0.05) is 19.3 Å². The van der Waals surface area contributed by atoms with Crippen molar-refractivity contribution < 1.29 is 9.90 Å². The summed E-state index contributed by atoms with van der Waals surface area (Å²) in [7, 11) is 0. The van der Waals surface area contributed by atoms with Crippen LogP contribution < -0.4 is 4.90 Å². The first-order chi connectivity index (χ1) is 9.70. The van der Waals surface area contributed by atoms with Crippen LogP contribution >= 0.6 is 0 Å². The largest absolute Gasteiger partial charge is 0.478 e. The van der Waals surface area contributed by atoms with Crippen LogP contribution in [0.3, 0.4) is 0 Å². The summed E-state index contributed by atoms with van der Waals surface area (Å²) in [4.78, 5) is 17.5. The molecule has 4 nitrogen and oxygen atoms in total. The van der Waals surface area contributed by atoms with Gasteiger partial charge in [0.25, 0.3) is 0 Å². The minimum absolute atomic E-state index is 0.326. The van der Waals surface area contributed by atoms with Crippen LogP contribution in [0.15, 0.2) is 18.5 Å². The molecule has 108 valence electrons. The predicted molar refractivity (Wildman–Crippen MR) is 78.2 cm³/mol. The van der Waals surface area contributed by atoms with E-state index in [1.807, 2.05) is 6.07 Å². The summed E-state index contributed by atoms with van der Waals surface area (Å²) in [6.45, 7) is 1.95. The van der Waals surface area contributed by atoms with Crippen molar-refractivity contribution >= 4 is 11.7 Å². The summed E-state index contributed by atoms with van der Waals surface area (Å²) in [5, 5.41) is 9.27. The Morgan fingerprint density at radius 1 is 1.15 bits per heavy atom. The molecule has 0 amide bonds. The molecule has 0 radical (unpaired) electrons. The first kappa shape index (κ1) is 13.4. The molecule has 1 saturated heterocycles. The van der Waals surface area contributed by atoms with Crippen LogP contribution in [0.25, 0.3) is 0 Å². The minimum Gasteiger partial charge on any atom is -0.478 e. The molecule has 1 aromatic heterocycles. The first-order valence-electron chi connectivity index (χ1n) is 7.63. The Labute approximate surface area is 119 Å². The smallest absolute Gasteiger partial charge is 0.339 e. The van der Waals surface area contributed by atoms with E-state index in [2.05, 4.69) is 9.88 Å². The van der Waals surface area contributed by atoms with Gasteiger partial charge in [-0.25, -0.2) is 4.79 Å². The van der Waals surface area contributed by atoms with E-state index >= 15 is 0 Å². The van der Waals surface area contributed by atoms with E-state index < -0.39 is 5.97 Å². The van der Waals surface area contributed by atoms with E-state index in [9.17, 15) is 9.90 Å². The van der Waals surface area contributed by atoms with Gasteiger partial charge in [-0.3, -0.25) is 4.98 Å². The fourth-order valence-electron chi connectivity index (χ4n) is 3.85. The summed E-state index contributed by atoms with van der Waals surface area (Å²) >= 11 is 0. The third-order valence-electron chi connectivity index (χ3n) is 5.11. The molecule has 2 heterocycles. The molecule has 3 rings (SSSR count). The maximum Gasteiger partial charge on any atom is 0.339 e. The minimum atomic E-state index is -0.883. The lowest BCUT2D eigenvalue weighted by atomic mass is 9.68. The average molecular weight is 274 g/mol. The summed E-state index contributed by atoms with van der Waals surface area (Å²) in [6.07, 6.45) is 12.4. The average Bonchev–Trinajstić information content (AvgIpc) is 2.49. The first-order valence-corrected chi connectivity index (χ1v) is 7.63. The SMILES string of the molecule is O=C(O)c1cnccc1N1CCC2(CCCCC2)CC1. The number of hydrogen-bond donors (Lipinski definition) is 1. The Balaban J connectivity index is 1.73. The molecular weight excluding hydrogens is 252 g/mol. The second kappa shape index (κ2) is 5.43. The van der Waals surface area contributed by atoms with Crippen LogP contribution in [0, 0.1) is 5.41 Å². The lowest BCUT2D eigenvalue weighted by molar-refractivity contribution is 0.0696. The van der Waals surface area contributed by atoms with Gasteiger partial charge in [0.2, 0.25) is 0 Å². The van der Waals surface area contributed by atoms with Gasteiger partial charge in [-0.2, -0.15) is 0 Å². The van der Waals surface area contributed by atoms with Gasteiger partial charge in [0.05, 0.1) is 5.69 Å². The highest BCUT2D eigenvalue weighted by Crippen LogP contribution is 2.45. The Morgan fingerprint density at radius 3 is 2.50 bits per heavy atom. The zero-order valence-electron chi connectivity index (χ0n) is 11.8. The monoisotopic (exact) mass is 274 g/mol. The Hall–Kier alpha value is -1.58. The number of rotatable bonds is 2. The van der Waals surface area contributed by atoms with Crippen molar-refractivity contribution in [1.29, 1.82) is 0 Å². The molecule has 4 heteroatoms. The predicted octanol–water partition coefficient (Wildman–Crippen LogP) is 3.33. The van der Waals surface area contributed by atoms with Crippen molar-refractivity contribution in [2.45, 2.75) is 44.9 Å². The third-order valence-corrected chi connectivity index (χ3v) is 5.11. The lowest BCUT2D eigenvalue weighted by Gasteiger charge is -2.45. The molecule has 1 aromatic rings. The molecule has 1 spiro atoms. The van der Waals surface area contributed by atoms with Gasteiger partial charge in [0.1, 0.15) is 5.56 Å². The Morgan fingerprint density at radius 2 is 1.85 bits per heavy atom. The molecule has 20 heavy (non-hydrogen) atoms. The number of aromatic nitrogens is 1. The molecule has 1 aliphatic carbocycles. The van der Waals surface area contributed by atoms with Crippen LogP contribution in [0.5, 0.6) is 0 Å². The maximum atomic E-state index is 11.3. The van der Waals surface area contributed by atoms with Gasteiger partial charge in [-0.15, -0.1) is 0 Å². The highest BCUT2D eigenvalue weighted by molar-refractivity contribution is 5.94. The van der Waals surface area contributed by atoms with Crippen molar-refractivity contribution in [1.82, 2.24) is 4.98 Å². The van der Waals surface area contributed by atoms with Gasteiger partial charge in [0, 0.05) is 25.5 Å². The van der Waals surface area contributed by atoms with E-state index in [1.165, 1.54) is 51.1 Å². The highest BCUT2D eigenvalue weighted by atomic mass is 16.4. The maximum absolute atomic E-state index is 11.3. The van der Waals surface area contributed by atoms with Crippen LogP contribution in [0.4, 0.5) is 5.69 Å². The Bertz CT molecular complexity index is 485. The van der Waals surface area contributed by atoms with Crippen LogP contribution in [-0.2, 0) is 0 Å². The standard InChI is InChI=1S/C16H22N2O2/c19-15(20)13-12-17-9-4-14(13)18-10-7-16(8-11-18)5-2-1-3-6-16/h4,9,12H,1-3,5-8,10-11H2,(H,19,20). The van der Waals surface area contributed by atoms with Gasteiger partial charge in [0.15, 0.2) is 0 Å². The summed E-state index contributed by atoms with van der Waals surface area (Å²) in [6, 6.07) is 1.84. The zero-order chi connectivity index (χ0) is 14.0. The number of carbonyl (C=O) groups is 1.